The number of aliphatic hydroxyl groups is 1. The second kappa shape index (κ2) is 5.05. The molecule has 0 radical (unpaired) electrons. The van der Waals surface area contributed by atoms with Crippen LogP contribution in [0.1, 0.15) is 37.7 Å². The van der Waals surface area contributed by atoms with Gasteiger partial charge in [0.1, 0.15) is 0 Å². The maximum Gasteiger partial charge on any atom is 0.224 e. The van der Waals surface area contributed by atoms with Crippen LogP contribution < -0.4 is 5.32 Å². The Bertz CT molecular complexity index is 512. The van der Waals surface area contributed by atoms with Gasteiger partial charge in [0.15, 0.2) is 0 Å². The van der Waals surface area contributed by atoms with Crippen molar-refractivity contribution >= 4 is 17.5 Å². The van der Waals surface area contributed by atoms with Crippen molar-refractivity contribution in [1.82, 2.24) is 5.32 Å². The summed E-state index contributed by atoms with van der Waals surface area (Å²) in [5.41, 5.74) is 0.733. The molecule has 0 spiro atoms. The van der Waals surface area contributed by atoms with E-state index in [0.29, 0.717) is 11.8 Å². The molecule has 20 heavy (non-hydrogen) atoms. The molecular formula is C16H20ClNO2. The molecule has 3 unspecified atom stereocenters. The van der Waals surface area contributed by atoms with Crippen molar-refractivity contribution in [3.63, 3.8) is 0 Å². The van der Waals surface area contributed by atoms with Gasteiger partial charge in [0, 0.05) is 10.9 Å². The van der Waals surface area contributed by atoms with Crippen LogP contribution in [0.15, 0.2) is 24.3 Å². The number of rotatable bonds is 5. The molecule has 2 aliphatic rings. The standard InChI is InChI=1S/C16H20ClNO2/c1-16(9-19,11-4-5-11)18-15(20)14-8-13(14)10-2-6-12(17)7-3-10/h2-3,6-7,11,13-14,19H,4-5,8-9H2,1H3,(H,18,20). The summed E-state index contributed by atoms with van der Waals surface area (Å²) < 4.78 is 0. The Morgan fingerprint density at radius 2 is 2.05 bits per heavy atom. The lowest BCUT2D eigenvalue weighted by molar-refractivity contribution is -0.125. The molecule has 0 aliphatic heterocycles. The SMILES string of the molecule is CC(CO)(NC(=O)C1CC1c1ccc(Cl)cc1)C1CC1. The molecule has 3 nitrogen and oxygen atoms in total. The molecular weight excluding hydrogens is 274 g/mol. The van der Waals surface area contributed by atoms with Crippen LogP contribution in [-0.2, 0) is 4.79 Å². The molecule has 1 aromatic rings. The van der Waals surface area contributed by atoms with E-state index in [2.05, 4.69) is 5.32 Å². The van der Waals surface area contributed by atoms with Gasteiger partial charge in [0.05, 0.1) is 12.1 Å². The number of halogens is 1. The quantitative estimate of drug-likeness (QED) is 0.877. The van der Waals surface area contributed by atoms with Gasteiger partial charge in [-0.25, -0.2) is 0 Å². The van der Waals surface area contributed by atoms with Crippen molar-refractivity contribution in [3.8, 4) is 0 Å². The van der Waals surface area contributed by atoms with Crippen LogP contribution in [-0.4, -0.2) is 23.2 Å². The summed E-state index contributed by atoms with van der Waals surface area (Å²) in [6, 6.07) is 7.72. The Morgan fingerprint density at radius 1 is 1.40 bits per heavy atom. The fraction of sp³-hybridized carbons (Fsp3) is 0.562. The minimum Gasteiger partial charge on any atom is -0.394 e. The van der Waals surface area contributed by atoms with E-state index >= 15 is 0 Å². The lowest BCUT2D eigenvalue weighted by atomic mass is 9.96. The lowest BCUT2D eigenvalue weighted by Crippen LogP contribution is -2.51. The number of benzene rings is 1. The first-order valence-electron chi connectivity index (χ1n) is 7.22. The highest BCUT2D eigenvalue weighted by Crippen LogP contribution is 2.48. The maximum atomic E-state index is 12.3. The van der Waals surface area contributed by atoms with Crippen LogP contribution in [0, 0.1) is 11.8 Å². The van der Waals surface area contributed by atoms with Gasteiger partial charge in [-0.1, -0.05) is 23.7 Å². The number of nitrogens with one attached hydrogen (secondary N) is 1. The van der Waals surface area contributed by atoms with Crippen LogP contribution in [0.5, 0.6) is 0 Å². The average molecular weight is 294 g/mol. The highest BCUT2D eigenvalue weighted by molar-refractivity contribution is 6.30. The third kappa shape index (κ3) is 2.70. The molecule has 0 aromatic heterocycles. The van der Waals surface area contributed by atoms with Gasteiger partial charge >= 0.3 is 0 Å². The zero-order chi connectivity index (χ0) is 14.3. The van der Waals surface area contributed by atoms with Crippen molar-refractivity contribution in [1.29, 1.82) is 0 Å². The first-order chi connectivity index (χ1) is 9.53. The molecule has 3 atom stereocenters. The molecule has 1 aromatic carbocycles. The summed E-state index contributed by atoms with van der Waals surface area (Å²) in [5.74, 6) is 0.854. The summed E-state index contributed by atoms with van der Waals surface area (Å²) in [6.07, 6.45) is 3.09. The molecule has 4 heteroatoms. The van der Waals surface area contributed by atoms with Gasteiger partial charge in [0.25, 0.3) is 0 Å². The van der Waals surface area contributed by atoms with E-state index in [1.165, 1.54) is 5.56 Å². The number of amides is 1. The largest absolute Gasteiger partial charge is 0.394 e. The van der Waals surface area contributed by atoms with Gasteiger partial charge in [-0.15, -0.1) is 0 Å². The Hall–Kier alpha value is -1.06. The fourth-order valence-electron chi connectivity index (χ4n) is 2.93. The van der Waals surface area contributed by atoms with E-state index < -0.39 is 5.54 Å². The van der Waals surface area contributed by atoms with Crippen LogP contribution >= 0.6 is 11.6 Å². The van der Waals surface area contributed by atoms with Crippen molar-refractivity contribution in [2.45, 2.75) is 37.6 Å². The smallest absolute Gasteiger partial charge is 0.224 e. The van der Waals surface area contributed by atoms with Crippen molar-refractivity contribution in [3.05, 3.63) is 34.9 Å². The summed E-state index contributed by atoms with van der Waals surface area (Å²) in [6.45, 7) is 1.96. The minimum absolute atomic E-state index is 0.0156. The molecule has 2 fully saturated rings. The van der Waals surface area contributed by atoms with Crippen LogP contribution in [0.3, 0.4) is 0 Å². The molecule has 2 saturated carbocycles. The fourth-order valence-corrected chi connectivity index (χ4v) is 3.05. The topological polar surface area (TPSA) is 49.3 Å². The van der Waals surface area contributed by atoms with Gasteiger partial charge < -0.3 is 10.4 Å². The molecule has 3 rings (SSSR count). The Morgan fingerprint density at radius 3 is 2.60 bits per heavy atom. The van der Waals surface area contributed by atoms with Crippen molar-refractivity contribution in [2.75, 3.05) is 6.61 Å². The molecule has 108 valence electrons. The normalized spacial score (nSPS) is 27.8. The second-order valence-corrected chi connectivity index (χ2v) is 6.78. The second-order valence-electron chi connectivity index (χ2n) is 6.34. The summed E-state index contributed by atoms with van der Waals surface area (Å²) in [5, 5.41) is 13.3. The zero-order valence-electron chi connectivity index (χ0n) is 11.6. The number of hydrogen-bond donors (Lipinski definition) is 2. The third-order valence-electron chi connectivity index (χ3n) is 4.64. The Labute approximate surface area is 124 Å². The van der Waals surface area contributed by atoms with Gasteiger partial charge in [-0.3, -0.25) is 4.79 Å². The van der Waals surface area contributed by atoms with E-state index in [4.69, 9.17) is 11.6 Å². The van der Waals surface area contributed by atoms with E-state index in [9.17, 15) is 9.90 Å². The molecule has 0 saturated heterocycles. The van der Waals surface area contributed by atoms with Gasteiger partial charge in [-0.05, 0) is 55.7 Å². The van der Waals surface area contributed by atoms with E-state index in [-0.39, 0.29) is 18.4 Å². The first-order valence-corrected chi connectivity index (χ1v) is 7.59. The molecule has 1 amide bonds. The van der Waals surface area contributed by atoms with Crippen molar-refractivity contribution in [2.24, 2.45) is 11.8 Å². The monoisotopic (exact) mass is 293 g/mol. The highest BCUT2D eigenvalue weighted by Gasteiger charge is 2.48. The highest BCUT2D eigenvalue weighted by atomic mass is 35.5. The molecule has 0 heterocycles. The summed E-state index contributed by atoms with van der Waals surface area (Å²) in [7, 11) is 0. The first kappa shape index (κ1) is 13.9. The predicted octanol–water partition coefficient (Wildman–Crippen LogP) is 2.72. The summed E-state index contributed by atoms with van der Waals surface area (Å²) >= 11 is 5.88. The Kier molecular flexibility index (Phi) is 3.51. The lowest BCUT2D eigenvalue weighted by Gasteiger charge is -2.29. The maximum absolute atomic E-state index is 12.3. The number of hydrogen-bond acceptors (Lipinski definition) is 2. The third-order valence-corrected chi connectivity index (χ3v) is 4.89. The summed E-state index contributed by atoms with van der Waals surface area (Å²) in [4.78, 5) is 12.3. The number of carbonyl (C=O) groups excluding carboxylic acids is 1. The van der Waals surface area contributed by atoms with E-state index in [0.717, 1.165) is 24.3 Å². The van der Waals surface area contributed by atoms with Gasteiger partial charge in [-0.2, -0.15) is 0 Å². The molecule has 0 bridgehead atoms. The van der Waals surface area contributed by atoms with Crippen molar-refractivity contribution < 1.29 is 9.90 Å². The average Bonchev–Trinajstić information content (AvgIpc) is 3.29. The Balaban J connectivity index is 1.61. The van der Waals surface area contributed by atoms with E-state index in [1.54, 1.807) is 0 Å². The van der Waals surface area contributed by atoms with Crippen LogP contribution in [0.25, 0.3) is 0 Å². The predicted molar refractivity (Wildman–Crippen MR) is 78.7 cm³/mol. The number of carbonyl (C=O) groups is 1. The van der Waals surface area contributed by atoms with Gasteiger partial charge in [0.2, 0.25) is 5.91 Å². The molecule has 2 aliphatic carbocycles. The van der Waals surface area contributed by atoms with Crippen LogP contribution in [0.4, 0.5) is 0 Å². The van der Waals surface area contributed by atoms with Crippen LogP contribution in [0.2, 0.25) is 5.02 Å². The number of aliphatic hydroxyl groups excluding tert-OH is 1. The molecule has 2 N–H and O–H groups in total. The zero-order valence-corrected chi connectivity index (χ0v) is 12.4. The van der Waals surface area contributed by atoms with E-state index in [1.807, 2.05) is 31.2 Å². The minimum atomic E-state index is -0.440.